The molecule has 1 aliphatic heterocycles. The summed E-state index contributed by atoms with van der Waals surface area (Å²) < 4.78 is 52.0. The van der Waals surface area contributed by atoms with Gasteiger partial charge in [0.25, 0.3) is 0 Å². The van der Waals surface area contributed by atoms with Gasteiger partial charge in [-0.2, -0.15) is 10.2 Å². The Balaban J connectivity index is 1.50. The maximum atomic E-state index is 14.7. The number of carbonyl (C=O) groups excluding carboxylic acids is 3. The summed E-state index contributed by atoms with van der Waals surface area (Å²) >= 11 is 0. The Bertz CT molecular complexity index is 1850. The van der Waals surface area contributed by atoms with E-state index in [1.54, 1.807) is 24.3 Å². The van der Waals surface area contributed by atoms with Gasteiger partial charge in [-0.15, -0.1) is 0 Å². The lowest BCUT2D eigenvalue weighted by Crippen LogP contribution is -2.47. The number of nitrogens with zero attached hydrogens (tertiary/aromatic N) is 4. The maximum absolute atomic E-state index is 14.7. The molecular formula is C36H49N6O10P. The van der Waals surface area contributed by atoms with Gasteiger partial charge in [-0.05, 0) is 67.9 Å². The highest BCUT2D eigenvalue weighted by molar-refractivity contribution is 7.52. The lowest BCUT2D eigenvalue weighted by Gasteiger charge is -2.30. The number of aromatic nitrogens is 3. The van der Waals surface area contributed by atoms with Crippen molar-refractivity contribution >= 4 is 43.2 Å². The molecule has 1 saturated heterocycles. The van der Waals surface area contributed by atoms with Crippen LogP contribution in [0.4, 0.5) is 5.82 Å². The Morgan fingerprint density at radius 3 is 2.38 bits per heavy atom. The van der Waals surface area contributed by atoms with Crippen LogP contribution < -0.4 is 15.3 Å². The highest BCUT2D eigenvalue weighted by Gasteiger charge is 2.61. The molecule has 2 fully saturated rings. The van der Waals surface area contributed by atoms with Crippen LogP contribution in [0.15, 0.2) is 47.7 Å². The van der Waals surface area contributed by atoms with Gasteiger partial charge in [-0.1, -0.05) is 39.3 Å². The number of benzene rings is 1. The number of hydrogen-bond donors (Lipinski definition) is 2. The van der Waals surface area contributed by atoms with Crippen LogP contribution in [0.5, 0.6) is 5.75 Å². The first kappa shape index (κ1) is 39.8. The number of carbonyl (C=O) groups is 3. The van der Waals surface area contributed by atoms with Crippen LogP contribution in [-0.4, -0.2) is 82.8 Å². The number of hydrogen-bond acceptors (Lipinski definition) is 14. The molecule has 3 heterocycles. The summed E-state index contributed by atoms with van der Waals surface area (Å²) in [7, 11) is -2.95. The van der Waals surface area contributed by atoms with E-state index in [4.69, 9.17) is 33.7 Å². The third-order valence-corrected chi connectivity index (χ3v) is 10.8. The third kappa shape index (κ3) is 9.23. The summed E-state index contributed by atoms with van der Waals surface area (Å²) in [6, 6.07) is 9.18. The van der Waals surface area contributed by atoms with Gasteiger partial charge >= 0.3 is 25.7 Å². The van der Waals surface area contributed by atoms with E-state index >= 15 is 0 Å². The van der Waals surface area contributed by atoms with Gasteiger partial charge in [0, 0.05) is 27.1 Å². The number of nitrogen functional groups attached to an aromatic ring is 1. The SMILES string of the molecule is CN=C[C@@]1(c2ccc3c(N)ncnn23)O[C@H](COP(=O)(N[C@@H](C)C(=O)OC2CCCCC2)Oc2ccc(C(C)(C)C)cc2)[C@@H](OC(C)=O)[C@H]1OC(C)=O. The minimum atomic E-state index is -4.44. The van der Waals surface area contributed by atoms with E-state index in [1.807, 2.05) is 12.1 Å². The lowest BCUT2D eigenvalue weighted by molar-refractivity contribution is -0.165. The molecule has 5 rings (SSSR count). The number of rotatable bonds is 13. The number of nitrogens with one attached hydrogen (secondary N) is 1. The summed E-state index contributed by atoms with van der Waals surface area (Å²) in [6.45, 7) is 9.53. The van der Waals surface area contributed by atoms with Crippen LogP contribution in [0.3, 0.4) is 0 Å². The second-order valence-corrected chi connectivity index (χ2v) is 16.0. The predicted octanol–water partition coefficient (Wildman–Crippen LogP) is 4.82. The molecule has 288 valence electrons. The largest absolute Gasteiger partial charge is 0.461 e. The normalized spacial score (nSPS) is 24.1. The Morgan fingerprint density at radius 1 is 1.08 bits per heavy atom. The quantitative estimate of drug-likeness (QED) is 0.104. The summed E-state index contributed by atoms with van der Waals surface area (Å²) in [6.07, 6.45) is 3.01. The molecule has 6 atom stereocenters. The number of ether oxygens (including phenoxy) is 4. The Hall–Kier alpha value is -4.37. The lowest BCUT2D eigenvalue weighted by atomic mass is 9.87. The zero-order chi connectivity index (χ0) is 38.6. The standard InChI is InChI=1S/C36H49N6O10P/c1-22(34(45)50-26-11-9-8-10-12-26)41-53(46,52-27-15-13-25(14-16-27)35(4,5)6)47-19-29-31(48-23(2)43)32(49-24(3)44)36(51-29,20-38-7)30-18-17-28-33(37)39-21-40-42(28)30/h13-18,20-22,26,29,31-32H,8-12,19H2,1-7H3,(H,41,46)(H2,37,39,40)/t22-,29+,31+,32+,36-,53?/m0/s1. The fraction of sp³-hybridized carbons (Fsp3) is 0.556. The first-order chi connectivity index (χ1) is 25.0. The molecule has 0 bridgehead atoms. The Labute approximate surface area is 308 Å². The van der Waals surface area contributed by atoms with Crippen LogP contribution >= 0.6 is 7.75 Å². The van der Waals surface area contributed by atoms with Gasteiger partial charge in [0.2, 0.25) is 0 Å². The van der Waals surface area contributed by atoms with Crippen molar-refractivity contribution in [1.82, 2.24) is 19.7 Å². The molecule has 0 amide bonds. The van der Waals surface area contributed by atoms with E-state index < -0.39 is 62.2 Å². The fourth-order valence-electron chi connectivity index (χ4n) is 6.59. The zero-order valence-electron chi connectivity index (χ0n) is 31.1. The van der Waals surface area contributed by atoms with E-state index in [9.17, 15) is 18.9 Å². The summed E-state index contributed by atoms with van der Waals surface area (Å²) in [5, 5.41) is 7.06. The smallest absolute Gasteiger partial charge is 0.459 e. The summed E-state index contributed by atoms with van der Waals surface area (Å²) in [5.41, 5.74) is 5.99. The molecule has 0 spiro atoms. The van der Waals surface area contributed by atoms with Crippen molar-refractivity contribution in [1.29, 1.82) is 0 Å². The van der Waals surface area contributed by atoms with Crippen molar-refractivity contribution < 1.29 is 46.9 Å². The van der Waals surface area contributed by atoms with Crippen LogP contribution in [0.25, 0.3) is 5.52 Å². The maximum Gasteiger partial charge on any atom is 0.459 e. The minimum Gasteiger partial charge on any atom is -0.461 e. The van der Waals surface area contributed by atoms with Gasteiger partial charge in [0.05, 0.1) is 12.3 Å². The molecule has 0 radical (unpaired) electrons. The second kappa shape index (κ2) is 16.3. The number of esters is 3. The summed E-state index contributed by atoms with van der Waals surface area (Å²) in [4.78, 5) is 46.6. The van der Waals surface area contributed by atoms with E-state index in [0.29, 0.717) is 11.2 Å². The van der Waals surface area contributed by atoms with Crippen molar-refractivity contribution in [3.63, 3.8) is 0 Å². The van der Waals surface area contributed by atoms with Crippen LogP contribution in [0.2, 0.25) is 0 Å². The van der Waals surface area contributed by atoms with Gasteiger partial charge < -0.3 is 29.2 Å². The topological polar surface area (TPSA) is 204 Å². The van der Waals surface area contributed by atoms with Gasteiger partial charge in [-0.25, -0.2) is 14.1 Å². The Morgan fingerprint density at radius 2 is 1.75 bits per heavy atom. The van der Waals surface area contributed by atoms with Crippen molar-refractivity contribution in [2.24, 2.45) is 4.99 Å². The van der Waals surface area contributed by atoms with Crippen molar-refractivity contribution in [3.05, 3.63) is 54.0 Å². The third-order valence-electron chi connectivity index (χ3n) is 9.13. The average molecular weight is 757 g/mol. The zero-order valence-corrected chi connectivity index (χ0v) is 32.0. The molecule has 1 saturated carbocycles. The minimum absolute atomic E-state index is 0.157. The van der Waals surface area contributed by atoms with Crippen LogP contribution in [-0.2, 0) is 53.4 Å². The number of nitrogens with two attached hydrogens (primary N) is 1. The van der Waals surface area contributed by atoms with Gasteiger partial charge in [-0.3, -0.25) is 23.9 Å². The average Bonchev–Trinajstić information content (AvgIpc) is 3.65. The molecule has 17 heteroatoms. The Kier molecular flexibility index (Phi) is 12.3. The molecule has 53 heavy (non-hydrogen) atoms. The molecule has 3 aromatic rings. The van der Waals surface area contributed by atoms with Gasteiger partial charge in [0.15, 0.2) is 23.6 Å². The molecule has 1 aromatic carbocycles. The highest BCUT2D eigenvalue weighted by Crippen LogP contribution is 2.48. The molecule has 2 aromatic heterocycles. The molecule has 2 aliphatic rings. The van der Waals surface area contributed by atoms with Crippen LogP contribution in [0.1, 0.15) is 84.9 Å². The first-order valence-corrected chi connectivity index (χ1v) is 19.2. The van der Waals surface area contributed by atoms with Crippen LogP contribution in [0, 0.1) is 0 Å². The van der Waals surface area contributed by atoms with Crippen molar-refractivity contribution in [3.8, 4) is 5.75 Å². The number of anilines is 1. The molecule has 1 aliphatic carbocycles. The van der Waals surface area contributed by atoms with E-state index in [-0.39, 0.29) is 23.1 Å². The van der Waals surface area contributed by atoms with Gasteiger partial charge in [0.1, 0.15) is 35.8 Å². The number of aliphatic imine (C=N–C) groups is 1. The molecule has 1 unspecified atom stereocenters. The van der Waals surface area contributed by atoms with E-state index in [1.165, 1.54) is 44.9 Å². The molecular weight excluding hydrogens is 707 g/mol. The monoisotopic (exact) mass is 756 g/mol. The molecule has 3 N–H and O–H groups in total. The second-order valence-electron chi connectivity index (χ2n) is 14.3. The first-order valence-electron chi connectivity index (χ1n) is 17.6. The van der Waals surface area contributed by atoms with Crippen molar-refractivity contribution in [2.75, 3.05) is 19.4 Å². The number of fused-ring (bicyclic) bond motifs is 1. The highest BCUT2D eigenvalue weighted by atomic mass is 31.2. The van der Waals surface area contributed by atoms with Crippen molar-refractivity contribution in [2.45, 2.75) is 115 Å². The fourth-order valence-corrected chi connectivity index (χ4v) is 8.09. The van der Waals surface area contributed by atoms with E-state index in [2.05, 4.69) is 40.9 Å². The molecule has 16 nitrogen and oxygen atoms in total. The van der Waals surface area contributed by atoms with E-state index in [0.717, 1.165) is 37.7 Å². The predicted molar refractivity (Wildman–Crippen MR) is 194 cm³/mol. The summed E-state index contributed by atoms with van der Waals surface area (Å²) in [5.74, 6) is -1.67.